The third kappa shape index (κ3) is 9.59. The van der Waals surface area contributed by atoms with E-state index in [0.29, 0.717) is 24.9 Å². The maximum atomic E-state index is 12.3. The van der Waals surface area contributed by atoms with Gasteiger partial charge in [-0.1, -0.05) is 13.8 Å². The molecule has 4 nitrogen and oxygen atoms in total. The van der Waals surface area contributed by atoms with E-state index < -0.39 is 12.7 Å². The van der Waals surface area contributed by atoms with Gasteiger partial charge in [-0.15, -0.1) is 24.0 Å². The Morgan fingerprint density at radius 3 is 2.30 bits per heavy atom. The van der Waals surface area contributed by atoms with Crippen molar-refractivity contribution in [1.29, 1.82) is 0 Å². The van der Waals surface area contributed by atoms with Gasteiger partial charge in [-0.05, 0) is 32.2 Å². The van der Waals surface area contributed by atoms with Crippen LogP contribution in [-0.2, 0) is 0 Å². The minimum absolute atomic E-state index is 0. The number of alkyl halides is 3. The summed E-state index contributed by atoms with van der Waals surface area (Å²) in [5, 5.41) is 3.25. The van der Waals surface area contributed by atoms with E-state index in [1.807, 2.05) is 6.92 Å². The molecule has 1 saturated heterocycles. The first kappa shape index (κ1) is 22.8. The summed E-state index contributed by atoms with van der Waals surface area (Å²) in [5.74, 6) is 2.04. The molecule has 0 aromatic carbocycles. The molecule has 0 amide bonds. The molecule has 0 spiro atoms. The maximum Gasteiger partial charge on any atom is 0.401 e. The normalized spacial score (nSPS) is 23.0. The highest BCUT2D eigenvalue weighted by Crippen LogP contribution is 2.21. The van der Waals surface area contributed by atoms with Gasteiger partial charge in [0, 0.05) is 26.2 Å². The average molecular weight is 450 g/mol. The van der Waals surface area contributed by atoms with Crippen LogP contribution in [0.1, 0.15) is 27.2 Å². The number of likely N-dealkylation sites (N-methyl/N-ethyl adjacent to an activating group) is 1. The number of hydrogen-bond donors (Lipinski definition) is 1. The molecule has 1 aliphatic rings. The van der Waals surface area contributed by atoms with Crippen molar-refractivity contribution in [3.8, 4) is 0 Å². The molecule has 1 rings (SSSR count). The Bertz CT molecular complexity index is 353. The Morgan fingerprint density at radius 1 is 1.26 bits per heavy atom. The Morgan fingerprint density at radius 2 is 1.83 bits per heavy atom. The van der Waals surface area contributed by atoms with Gasteiger partial charge < -0.3 is 10.2 Å². The summed E-state index contributed by atoms with van der Waals surface area (Å²) in [6, 6.07) is 0. The zero-order valence-corrected chi connectivity index (χ0v) is 16.8. The van der Waals surface area contributed by atoms with Crippen molar-refractivity contribution in [2.24, 2.45) is 16.8 Å². The van der Waals surface area contributed by atoms with Gasteiger partial charge in [0.1, 0.15) is 0 Å². The van der Waals surface area contributed by atoms with Gasteiger partial charge in [0.15, 0.2) is 5.96 Å². The van der Waals surface area contributed by atoms with E-state index in [2.05, 4.69) is 29.1 Å². The van der Waals surface area contributed by atoms with Gasteiger partial charge in [0.05, 0.1) is 13.1 Å². The topological polar surface area (TPSA) is 30.9 Å². The van der Waals surface area contributed by atoms with Crippen molar-refractivity contribution in [1.82, 2.24) is 15.1 Å². The summed E-state index contributed by atoms with van der Waals surface area (Å²) in [7, 11) is 1.47. The van der Waals surface area contributed by atoms with Crippen molar-refractivity contribution in [2.75, 3.05) is 46.3 Å². The van der Waals surface area contributed by atoms with Crippen molar-refractivity contribution in [3.63, 3.8) is 0 Å². The number of nitrogens with zero attached hydrogens (tertiary/aromatic N) is 3. The molecule has 138 valence electrons. The molecule has 0 aromatic heterocycles. The number of guanidine groups is 1. The Balaban J connectivity index is 0.00000484. The van der Waals surface area contributed by atoms with Crippen LogP contribution in [0.25, 0.3) is 0 Å². The lowest BCUT2D eigenvalue weighted by molar-refractivity contribution is -0.142. The molecule has 1 fully saturated rings. The highest BCUT2D eigenvalue weighted by molar-refractivity contribution is 14.0. The van der Waals surface area contributed by atoms with E-state index in [9.17, 15) is 13.2 Å². The fraction of sp³-hybridized carbons (Fsp3) is 0.933. The van der Waals surface area contributed by atoms with Crippen LogP contribution in [0.15, 0.2) is 4.99 Å². The molecule has 2 unspecified atom stereocenters. The molecule has 1 aliphatic heterocycles. The molecule has 1 heterocycles. The smallest absolute Gasteiger partial charge is 0.357 e. The van der Waals surface area contributed by atoms with Crippen molar-refractivity contribution in [3.05, 3.63) is 0 Å². The second-order valence-corrected chi connectivity index (χ2v) is 6.44. The van der Waals surface area contributed by atoms with E-state index >= 15 is 0 Å². The Kier molecular flexibility index (Phi) is 10.5. The number of aliphatic imine (C=N–C) groups is 1. The third-order valence-corrected chi connectivity index (χ3v) is 3.70. The molecule has 1 N–H and O–H groups in total. The average Bonchev–Trinajstić information content (AvgIpc) is 2.34. The predicted molar refractivity (Wildman–Crippen MR) is 99.5 cm³/mol. The fourth-order valence-electron chi connectivity index (χ4n) is 2.97. The molecule has 2 atom stereocenters. The Hall–Kier alpha value is -0.250. The van der Waals surface area contributed by atoms with Crippen LogP contribution in [0.2, 0.25) is 0 Å². The molecule has 0 aliphatic carbocycles. The van der Waals surface area contributed by atoms with E-state index in [1.54, 1.807) is 0 Å². The van der Waals surface area contributed by atoms with Crippen LogP contribution in [0.5, 0.6) is 0 Å². The lowest BCUT2D eigenvalue weighted by Crippen LogP contribution is -2.48. The molecular formula is C15H30F3IN4. The molecule has 0 bridgehead atoms. The third-order valence-electron chi connectivity index (χ3n) is 3.70. The SMILES string of the molecule is CCNC(=NCCN(C)CC(F)(F)F)N1CC(C)CC(C)C1.I. The van der Waals surface area contributed by atoms with E-state index in [4.69, 9.17) is 0 Å². The van der Waals surface area contributed by atoms with Crippen LogP contribution < -0.4 is 5.32 Å². The first-order valence-corrected chi connectivity index (χ1v) is 7.99. The van der Waals surface area contributed by atoms with Crippen molar-refractivity contribution < 1.29 is 13.2 Å². The lowest BCUT2D eigenvalue weighted by atomic mass is 9.92. The van der Waals surface area contributed by atoms with Crippen LogP contribution >= 0.6 is 24.0 Å². The molecule has 0 saturated carbocycles. The van der Waals surface area contributed by atoms with Crippen LogP contribution in [0.3, 0.4) is 0 Å². The van der Waals surface area contributed by atoms with Gasteiger partial charge in [-0.2, -0.15) is 13.2 Å². The summed E-state index contributed by atoms with van der Waals surface area (Å²) in [6.07, 6.45) is -2.94. The molecule has 0 radical (unpaired) electrons. The number of piperidine rings is 1. The number of nitrogens with one attached hydrogen (secondary N) is 1. The maximum absolute atomic E-state index is 12.3. The summed E-state index contributed by atoms with van der Waals surface area (Å²) in [6.45, 7) is 8.90. The molecular weight excluding hydrogens is 420 g/mol. The van der Waals surface area contributed by atoms with Gasteiger partial charge in [-0.25, -0.2) is 0 Å². The lowest BCUT2D eigenvalue weighted by Gasteiger charge is -2.37. The number of hydrogen-bond acceptors (Lipinski definition) is 2. The zero-order chi connectivity index (χ0) is 16.8. The summed E-state index contributed by atoms with van der Waals surface area (Å²) in [4.78, 5) is 7.99. The van der Waals surface area contributed by atoms with Crippen molar-refractivity contribution >= 4 is 29.9 Å². The zero-order valence-electron chi connectivity index (χ0n) is 14.5. The molecule has 0 aromatic rings. The summed E-state index contributed by atoms with van der Waals surface area (Å²) >= 11 is 0. The number of likely N-dealkylation sites (tertiary alicyclic amines) is 1. The summed E-state index contributed by atoms with van der Waals surface area (Å²) in [5.41, 5.74) is 0. The summed E-state index contributed by atoms with van der Waals surface area (Å²) < 4.78 is 36.9. The van der Waals surface area contributed by atoms with Crippen molar-refractivity contribution in [2.45, 2.75) is 33.4 Å². The fourth-order valence-corrected chi connectivity index (χ4v) is 2.97. The second-order valence-electron chi connectivity index (χ2n) is 6.44. The van der Waals surface area contributed by atoms with E-state index in [1.165, 1.54) is 18.4 Å². The minimum atomic E-state index is -4.15. The van der Waals surface area contributed by atoms with Gasteiger partial charge in [0.25, 0.3) is 0 Å². The first-order chi connectivity index (χ1) is 10.2. The predicted octanol–water partition coefficient (Wildman–Crippen LogP) is 3.04. The quantitative estimate of drug-likeness (QED) is 0.397. The molecule has 23 heavy (non-hydrogen) atoms. The van der Waals surface area contributed by atoms with Crippen LogP contribution in [0, 0.1) is 11.8 Å². The highest BCUT2D eigenvalue weighted by Gasteiger charge is 2.29. The standard InChI is InChI=1S/C15H29F3N4.HI/c1-5-19-14(22-9-12(2)8-13(3)10-22)20-6-7-21(4)11-15(16,17)18;/h12-13H,5-11H2,1-4H3,(H,19,20);1H. The largest absolute Gasteiger partial charge is 0.401 e. The van der Waals surface area contributed by atoms with Gasteiger partial charge in [0.2, 0.25) is 0 Å². The van der Waals surface area contributed by atoms with Crippen LogP contribution in [-0.4, -0.2) is 68.3 Å². The van der Waals surface area contributed by atoms with Gasteiger partial charge in [-0.3, -0.25) is 9.89 Å². The second kappa shape index (κ2) is 10.6. The van der Waals surface area contributed by atoms with E-state index in [-0.39, 0.29) is 24.0 Å². The number of halogens is 4. The molecule has 8 heteroatoms. The number of rotatable bonds is 5. The van der Waals surface area contributed by atoms with Gasteiger partial charge >= 0.3 is 6.18 Å². The van der Waals surface area contributed by atoms with E-state index in [0.717, 1.165) is 25.6 Å². The Labute approximate surface area is 154 Å². The minimum Gasteiger partial charge on any atom is -0.357 e. The van der Waals surface area contributed by atoms with Crippen LogP contribution in [0.4, 0.5) is 13.2 Å². The first-order valence-electron chi connectivity index (χ1n) is 7.99. The highest BCUT2D eigenvalue weighted by atomic mass is 127. The monoisotopic (exact) mass is 450 g/mol.